The van der Waals surface area contributed by atoms with Crippen LogP contribution in [0.4, 0.5) is 9.93 Å². The average molecular weight is 344 g/mol. The number of amides is 2. The van der Waals surface area contributed by atoms with Crippen LogP contribution in [0.1, 0.15) is 32.1 Å². The van der Waals surface area contributed by atoms with Crippen LogP contribution in [0.15, 0.2) is 30.3 Å². The molecule has 1 saturated carbocycles. The van der Waals surface area contributed by atoms with Gasteiger partial charge in [-0.25, -0.2) is 4.79 Å². The maximum absolute atomic E-state index is 12.3. The molecule has 1 aliphatic carbocycles. The molecule has 6 nitrogen and oxygen atoms in total. The molecule has 0 radical (unpaired) electrons. The van der Waals surface area contributed by atoms with Crippen molar-refractivity contribution in [3.8, 4) is 10.6 Å². The predicted molar refractivity (Wildman–Crippen MR) is 93.1 cm³/mol. The molecule has 0 spiro atoms. The van der Waals surface area contributed by atoms with E-state index in [2.05, 4.69) is 20.8 Å². The third-order valence-electron chi connectivity index (χ3n) is 4.61. The van der Waals surface area contributed by atoms with Gasteiger partial charge in [0.1, 0.15) is 5.01 Å². The Kier molecular flexibility index (Phi) is 4.20. The molecule has 4 rings (SSSR count). The van der Waals surface area contributed by atoms with E-state index in [0.29, 0.717) is 5.13 Å². The quantitative estimate of drug-likeness (QED) is 0.891. The van der Waals surface area contributed by atoms with Crippen LogP contribution in [0.3, 0.4) is 0 Å². The number of carbonyl (C=O) groups is 1. The van der Waals surface area contributed by atoms with Gasteiger partial charge >= 0.3 is 6.03 Å². The van der Waals surface area contributed by atoms with Gasteiger partial charge in [0.05, 0.1) is 11.6 Å². The molecular weight excluding hydrogens is 324 g/mol. The van der Waals surface area contributed by atoms with Gasteiger partial charge in [-0.3, -0.25) is 5.32 Å². The summed E-state index contributed by atoms with van der Waals surface area (Å²) in [5, 5.41) is 15.4. The Morgan fingerprint density at radius 1 is 1.21 bits per heavy atom. The van der Waals surface area contributed by atoms with Crippen molar-refractivity contribution in [3.05, 3.63) is 30.3 Å². The zero-order valence-electron chi connectivity index (χ0n) is 13.3. The third-order valence-corrected chi connectivity index (χ3v) is 5.50. The van der Waals surface area contributed by atoms with E-state index in [9.17, 15) is 4.79 Å². The maximum Gasteiger partial charge on any atom is 0.321 e. The summed E-state index contributed by atoms with van der Waals surface area (Å²) >= 11 is 1.37. The number of benzene rings is 1. The molecule has 1 unspecified atom stereocenters. The molecule has 126 valence electrons. The lowest BCUT2D eigenvalue weighted by Gasteiger charge is -2.31. The lowest BCUT2D eigenvalue weighted by molar-refractivity contribution is -0.0119. The van der Waals surface area contributed by atoms with Crippen molar-refractivity contribution in [2.24, 2.45) is 0 Å². The first kappa shape index (κ1) is 15.5. The van der Waals surface area contributed by atoms with E-state index in [0.717, 1.165) is 42.9 Å². The summed E-state index contributed by atoms with van der Waals surface area (Å²) in [7, 11) is 0. The fraction of sp³-hybridized carbons (Fsp3) is 0.471. The van der Waals surface area contributed by atoms with Gasteiger partial charge in [0.15, 0.2) is 0 Å². The summed E-state index contributed by atoms with van der Waals surface area (Å²) in [6, 6.07) is 9.60. The lowest BCUT2D eigenvalue weighted by atomic mass is 10.0. The Bertz CT molecular complexity index is 708. The first-order valence-electron chi connectivity index (χ1n) is 8.35. The lowest BCUT2D eigenvalue weighted by Crippen LogP contribution is -2.49. The second-order valence-corrected chi connectivity index (χ2v) is 7.35. The monoisotopic (exact) mass is 344 g/mol. The highest BCUT2D eigenvalue weighted by atomic mass is 32.1. The molecule has 2 heterocycles. The molecule has 2 amide bonds. The van der Waals surface area contributed by atoms with E-state index in [1.165, 1.54) is 17.8 Å². The second-order valence-electron chi connectivity index (χ2n) is 6.37. The molecular formula is C17H20N4O2S. The van der Waals surface area contributed by atoms with E-state index in [1.807, 2.05) is 30.3 Å². The third kappa shape index (κ3) is 3.27. The van der Waals surface area contributed by atoms with Gasteiger partial charge in [-0.1, -0.05) is 41.7 Å². The topological polar surface area (TPSA) is 76.1 Å². The molecule has 1 aromatic heterocycles. The fourth-order valence-corrected chi connectivity index (χ4v) is 3.91. The number of urea groups is 1. The van der Waals surface area contributed by atoms with Crippen LogP contribution in [0, 0.1) is 0 Å². The largest absolute Gasteiger partial charge is 0.376 e. The van der Waals surface area contributed by atoms with Crippen LogP contribution < -0.4 is 10.6 Å². The van der Waals surface area contributed by atoms with E-state index in [4.69, 9.17) is 4.74 Å². The van der Waals surface area contributed by atoms with Crippen LogP contribution in [0.5, 0.6) is 0 Å². The molecule has 2 fully saturated rings. The number of nitrogens with one attached hydrogen (secondary N) is 2. The molecule has 7 heteroatoms. The van der Waals surface area contributed by atoms with Gasteiger partial charge in [-0.2, -0.15) is 0 Å². The number of hydrogen-bond donors (Lipinski definition) is 2. The van der Waals surface area contributed by atoms with Crippen LogP contribution in [0.25, 0.3) is 10.6 Å². The van der Waals surface area contributed by atoms with Crippen LogP contribution in [-0.4, -0.2) is 34.5 Å². The fourth-order valence-electron chi connectivity index (χ4n) is 3.16. The van der Waals surface area contributed by atoms with Gasteiger partial charge in [-0.05, 0) is 32.1 Å². The van der Waals surface area contributed by atoms with Crippen molar-refractivity contribution in [2.75, 3.05) is 11.9 Å². The molecule has 1 aliphatic heterocycles. The second kappa shape index (κ2) is 6.49. The number of aromatic nitrogens is 2. The van der Waals surface area contributed by atoms with Gasteiger partial charge < -0.3 is 10.1 Å². The molecule has 2 N–H and O–H groups in total. The molecule has 0 bridgehead atoms. The minimum absolute atomic E-state index is 0.145. The van der Waals surface area contributed by atoms with Crippen LogP contribution in [-0.2, 0) is 4.74 Å². The molecule has 1 atom stereocenters. The maximum atomic E-state index is 12.3. The predicted octanol–water partition coefficient (Wildman–Crippen LogP) is 3.43. The van der Waals surface area contributed by atoms with Crippen molar-refractivity contribution in [1.29, 1.82) is 0 Å². The first-order valence-corrected chi connectivity index (χ1v) is 9.17. The molecule has 24 heavy (non-hydrogen) atoms. The van der Waals surface area contributed by atoms with Crippen molar-refractivity contribution in [1.82, 2.24) is 15.5 Å². The molecule has 2 aliphatic rings. The highest BCUT2D eigenvalue weighted by Gasteiger charge is 2.51. The van der Waals surface area contributed by atoms with Gasteiger partial charge in [0.25, 0.3) is 0 Å². The summed E-state index contributed by atoms with van der Waals surface area (Å²) < 4.78 is 5.85. The zero-order chi connectivity index (χ0) is 16.4. The Balaban J connectivity index is 1.37. The minimum atomic E-state index is -0.225. The molecule has 1 saturated heterocycles. The minimum Gasteiger partial charge on any atom is -0.376 e. The van der Waals surface area contributed by atoms with Crippen LogP contribution in [0.2, 0.25) is 0 Å². The Hall–Kier alpha value is -1.99. The Labute approximate surface area is 144 Å². The standard InChI is InChI=1S/C17H20N4O2S/c22-15(19-17(9-10-17)13-8-4-5-11-23-13)18-16-21-20-14(24-16)12-6-2-1-3-7-12/h1-3,6-7,13H,4-5,8-11H2,(H2,18,19,21,22). The van der Waals surface area contributed by atoms with E-state index in [1.54, 1.807) is 0 Å². The number of anilines is 1. The van der Waals surface area contributed by atoms with Crippen LogP contribution >= 0.6 is 11.3 Å². The normalized spacial score (nSPS) is 21.9. The Morgan fingerprint density at radius 2 is 2.04 bits per heavy atom. The smallest absolute Gasteiger partial charge is 0.321 e. The molecule has 2 aromatic rings. The van der Waals surface area contributed by atoms with Crippen molar-refractivity contribution >= 4 is 22.5 Å². The highest BCUT2D eigenvalue weighted by Crippen LogP contribution is 2.43. The Morgan fingerprint density at radius 3 is 2.75 bits per heavy atom. The summed E-state index contributed by atoms with van der Waals surface area (Å²) in [5.41, 5.74) is 0.815. The van der Waals surface area contributed by atoms with E-state index < -0.39 is 0 Å². The van der Waals surface area contributed by atoms with Crippen molar-refractivity contribution < 1.29 is 9.53 Å². The number of nitrogens with zero attached hydrogens (tertiary/aromatic N) is 2. The van der Waals surface area contributed by atoms with Gasteiger partial charge in [0.2, 0.25) is 5.13 Å². The zero-order valence-corrected chi connectivity index (χ0v) is 14.1. The SMILES string of the molecule is O=C(Nc1nnc(-c2ccccc2)s1)NC1(C2CCCCO2)CC1. The van der Waals surface area contributed by atoms with E-state index in [-0.39, 0.29) is 17.7 Å². The number of rotatable bonds is 4. The highest BCUT2D eigenvalue weighted by molar-refractivity contribution is 7.18. The summed E-state index contributed by atoms with van der Waals surface area (Å²) in [6.07, 6.45) is 5.43. The van der Waals surface area contributed by atoms with Gasteiger partial charge in [-0.15, -0.1) is 10.2 Å². The summed E-state index contributed by atoms with van der Waals surface area (Å²) in [5.74, 6) is 0. The van der Waals surface area contributed by atoms with E-state index >= 15 is 0 Å². The van der Waals surface area contributed by atoms with Crippen molar-refractivity contribution in [3.63, 3.8) is 0 Å². The summed E-state index contributed by atoms with van der Waals surface area (Å²) in [4.78, 5) is 12.3. The summed E-state index contributed by atoms with van der Waals surface area (Å²) in [6.45, 7) is 0.798. The van der Waals surface area contributed by atoms with Crippen molar-refractivity contribution in [2.45, 2.75) is 43.7 Å². The average Bonchev–Trinajstić information content (AvgIpc) is 3.25. The first-order chi connectivity index (χ1) is 11.8. The number of hydrogen-bond acceptors (Lipinski definition) is 5. The number of ether oxygens (including phenoxy) is 1. The molecule has 1 aromatic carbocycles. The number of carbonyl (C=O) groups excluding carboxylic acids is 1. The van der Waals surface area contributed by atoms with Gasteiger partial charge in [0, 0.05) is 12.2 Å².